The largest absolute Gasteiger partial charge is 0.346 e. The molecule has 2 N–H and O–H groups in total. The molecule has 6 nitrogen and oxygen atoms in total. The van der Waals surface area contributed by atoms with Gasteiger partial charge in [-0.2, -0.15) is 16.3 Å². The third kappa shape index (κ3) is 3.12. The van der Waals surface area contributed by atoms with Crippen LogP contribution in [0.25, 0.3) is 0 Å². The van der Waals surface area contributed by atoms with Gasteiger partial charge in [-0.25, -0.2) is 0 Å². The minimum Gasteiger partial charge on any atom is -0.346 e. The molecule has 4 rings (SSSR count). The Hall–Kier alpha value is -2.41. The molecule has 0 unspecified atom stereocenters. The molecule has 3 aromatic rings. The van der Waals surface area contributed by atoms with Crippen LogP contribution in [0, 0.1) is 0 Å². The molecule has 24 heavy (non-hydrogen) atoms. The van der Waals surface area contributed by atoms with Gasteiger partial charge < -0.3 is 4.57 Å². The Morgan fingerprint density at radius 1 is 1.42 bits per heavy atom. The lowest BCUT2D eigenvalue weighted by atomic mass is 9.85. The quantitative estimate of drug-likeness (QED) is 0.720. The summed E-state index contributed by atoms with van der Waals surface area (Å²) in [5.74, 6) is 1.65. The molecule has 1 aliphatic rings. The van der Waals surface area contributed by atoms with Crippen LogP contribution in [-0.2, 0) is 4.79 Å². The van der Waals surface area contributed by atoms with Crippen LogP contribution in [0.5, 0.6) is 0 Å². The molecule has 3 heterocycles. The number of hydrogen-bond acceptors (Lipinski definition) is 4. The van der Waals surface area contributed by atoms with Crippen LogP contribution >= 0.6 is 11.3 Å². The number of H-pyrrole nitrogens is 1. The third-order valence-electron chi connectivity index (χ3n) is 4.54. The van der Waals surface area contributed by atoms with Crippen LogP contribution in [0.4, 0.5) is 5.95 Å². The zero-order valence-electron chi connectivity index (χ0n) is 13.2. The van der Waals surface area contributed by atoms with Gasteiger partial charge in [-0.15, -0.1) is 5.10 Å². The first-order chi connectivity index (χ1) is 11.8. The second-order valence-corrected chi connectivity index (χ2v) is 6.91. The topological polar surface area (TPSA) is 75.6 Å². The van der Waals surface area contributed by atoms with E-state index >= 15 is 0 Å². The Bertz CT molecular complexity index is 755. The van der Waals surface area contributed by atoms with Crippen LogP contribution in [0.1, 0.15) is 49.0 Å². The smallest absolute Gasteiger partial charge is 0.248 e. The molecule has 7 heteroatoms. The molecule has 1 fully saturated rings. The summed E-state index contributed by atoms with van der Waals surface area (Å²) in [7, 11) is 0. The second-order valence-electron chi connectivity index (χ2n) is 6.13. The van der Waals surface area contributed by atoms with E-state index in [2.05, 4.69) is 36.5 Å². The summed E-state index contributed by atoms with van der Waals surface area (Å²) < 4.78 is 2.05. The van der Waals surface area contributed by atoms with Crippen LogP contribution < -0.4 is 5.32 Å². The van der Waals surface area contributed by atoms with Crippen LogP contribution in [0.15, 0.2) is 41.4 Å². The fourth-order valence-electron chi connectivity index (χ4n) is 2.96. The van der Waals surface area contributed by atoms with E-state index in [1.54, 1.807) is 11.3 Å². The zero-order valence-corrected chi connectivity index (χ0v) is 14.0. The highest BCUT2D eigenvalue weighted by Gasteiger charge is 2.24. The summed E-state index contributed by atoms with van der Waals surface area (Å²) in [6.07, 6.45) is 7.85. The molecule has 0 spiro atoms. The van der Waals surface area contributed by atoms with Crippen molar-refractivity contribution in [1.82, 2.24) is 19.7 Å². The van der Waals surface area contributed by atoms with Gasteiger partial charge in [-0.1, -0.05) is 6.42 Å². The molecule has 1 atom stereocenters. The van der Waals surface area contributed by atoms with Crippen molar-refractivity contribution < 1.29 is 4.79 Å². The van der Waals surface area contributed by atoms with E-state index in [-0.39, 0.29) is 11.9 Å². The predicted molar refractivity (Wildman–Crippen MR) is 93.1 cm³/mol. The van der Waals surface area contributed by atoms with Crippen molar-refractivity contribution in [3.8, 4) is 0 Å². The van der Waals surface area contributed by atoms with Gasteiger partial charge in [0.25, 0.3) is 0 Å². The molecule has 0 saturated heterocycles. The number of aromatic nitrogens is 4. The first kappa shape index (κ1) is 15.1. The first-order valence-corrected chi connectivity index (χ1v) is 9.10. The van der Waals surface area contributed by atoms with E-state index in [4.69, 9.17) is 0 Å². The summed E-state index contributed by atoms with van der Waals surface area (Å²) in [4.78, 5) is 16.9. The Kier molecular flexibility index (Phi) is 4.17. The van der Waals surface area contributed by atoms with Gasteiger partial charge >= 0.3 is 0 Å². The summed E-state index contributed by atoms with van der Waals surface area (Å²) in [5, 5.41) is 14.0. The van der Waals surface area contributed by atoms with Gasteiger partial charge in [0.15, 0.2) is 0 Å². The summed E-state index contributed by atoms with van der Waals surface area (Å²) in [6, 6.07) is 5.98. The number of hydrogen-bond donors (Lipinski definition) is 2. The first-order valence-electron chi connectivity index (χ1n) is 8.16. The lowest BCUT2D eigenvalue weighted by Gasteiger charge is -2.22. The van der Waals surface area contributed by atoms with E-state index in [0.29, 0.717) is 18.3 Å². The number of thiophene rings is 1. The van der Waals surface area contributed by atoms with E-state index in [1.807, 2.05) is 29.9 Å². The fourth-order valence-corrected chi connectivity index (χ4v) is 3.67. The summed E-state index contributed by atoms with van der Waals surface area (Å²) >= 11 is 1.64. The Balaban J connectivity index is 1.44. The number of carbonyl (C=O) groups is 1. The van der Waals surface area contributed by atoms with Gasteiger partial charge in [0, 0.05) is 18.3 Å². The van der Waals surface area contributed by atoms with E-state index in [9.17, 15) is 4.79 Å². The summed E-state index contributed by atoms with van der Waals surface area (Å²) in [5.41, 5.74) is 1.14. The van der Waals surface area contributed by atoms with E-state index < -0.39 is 0 Å². The van der Waals surface area contributed by atoms with Crippen LogP contribution in [0.2, 0.25) is 0 Å². The lowest BCUT2D eigenvalue weighted by Crippen LogP contribution is -2.20. The third-order valence-corrected chi connectivity index (χ3v) is 5.24. The number of nitrogens with zero attached hydrogens (tertiary/aromatic N) is 3. The van der Waals surface area contributed by atoms with Gasteiger partial charge in [0.05, 0.1) is 12.5 Å². The zero-order chi connectivity index (χ0) is 16.4. The number of aromatic amines is 1. The molecule has 124 valence electrons. The van der Waals surface area contributed by atoms with Gasteiger partial charge in [0.1, 0.15) is 5.82 Å². The van der Waals surface area contributed by atoms with Crippen molar-refractivity contribution in [3.05, 3.63) is 52.7 Å². The molecule has 0 bridgehead atoms. The van der Waals surface area contributed by atoms with Crippen molar-refractivity contribution in [2.45, 2.75) is 37.6 Å². The molecular weight excluding hydrogens is 322 g/mol. The maximum Gasteiger partial charge on any atom is 0.248 e. The van der Waals surface area contributed by atoms with E-state index in [1.165, 1.54) is 6.42 Å². The van der Waals surface area contributed by atoms with E-state index in [0.717, 1.165) is 24.2 Å². The minimum absolute atomic E-state index is 0.0173. The number of carbonyl (C=O) groups excluding carboxylic acids is 1. The molecule has 1 saturated carbocycles. The van der Waals surface area contributed by atoms with Crippen LogP contribution in [-0.4, -0.2) is 25.7 Å². The molecule has 0 aliphatic heterocycles. The molecule has 0 radical (unpaired) electrons. The Labute approximate surface area is 143 Å². The van der Waals surface area contributed by atoms with Crippen LogP contribution in [0.3, 0.4) is 0 Å². The minimum atomic E-state index is -0.0842. The highest BCUT2D eigenvalue weighted by Crippen LogP contribution is 2.34. The molecule has 1 aliphatic carbocycles. The second kappa shape index (κ2) is 6.60. The maximum atomic E-state index is 12.5. The fraction of sp³-hybridized carbons (Fsp3) is 0.353. The number of amides is 1. The average Bonchev–Trinajstić information content (AvgIpc) is 3.26. The normalized spacial score (nSPS) is 15.8. The SMILES string of the molecule is O=C(C[C@@H](c1ccsc1)n1cccc1)Nc1n[nH]c(C2CCC2)n1. The van der Waals surface area contributed by atoms with Crippen molar-refractivity contribution >= 4 is 23.2 Å². The molecule has 3 aromatic heterocycles. The highest BCUT2D eigenvalue weighted by molar-refractivity contribution is 7.08. The lowest BCUT2D eigenvalue weighted by molar-refractivity contribution is -0.116. The Morgan fingerprint density at radius 2 is 2.25 bits per heavy atom. The van der Waals surface area contributed by atoms with Crippen molar-refractivity contribution in [3.63, 3.8) is 0 Å². The summed E-state index contributed by atoms with van der Waals surface area (Å²) in [6.45, 7) is 0. The standard InChI is InChI=1S/C17H19N5OS/c23-15(18-17-19-16(20-21-17)12-4-3-5-12)10-14(13-6-9-24-11-13)22-7-1-2-8-22/h1-2,6-9,11-12,14H,3-5,10H2,(H2,18,19,20,21,23)/t14-/m0/s1. The van der Waals surface area contributed by atoms with Gasteiger partial charge in [-0.05, 0) is 47.4 Å². The Morgan fingerprint density at radius 3 is 2.92 bits per heavy atom. The van der Waals surface area contributed by atoms with Gasteiger partial charge in [0.2, 0.25) is 11.9 Å². The monoisotopic (exact) mass is 341 g/mol. The molecular formula is C17H19N5OS. The van der Waals surface area contributed by atoms with Crippen molar-refractivity contribution in [1.29, 1.82) is 0 Å². The number of anilines is 1. The highest BCUT2D eigenvalue weighted by atomic mass is 32.1. The predicted octanol–water partition coefficient (Wildman–Crippen LogP) is 3.55. The average molecular weight is 341 g/mol. The molecule has 1 amide bonds. The number of nitrogens with one attached hydrogen (secondary N) is 2. The van der Waals surface area contributed by atoms with Crippen molar-refractivity contribution in [2.24, 2.45) is 0 Å². The van der Waals surface area contributed by atoms with Crippen molar-refractivity contribution in [2.75, 3.05) is 5.32 Å². The number of rotatable bonds is 6. The molecule has 0 aromatic carbocycles. The maximum absolute atomic E-state index is 12.5. The van der Waals surface area contributed by atoms with Gasteiger partial charge in [-0.3, -0.25) is 15.2 Å².